The summed E-state index contributed by atoms with van der Waals surface area (Å²) in [6, 6.07) is 10.6. The summed E-state index contributed by atoms with van der Waals surface area (Å²) in [4.78, 5) is 4.58. The molecule has 0 aliphatic rings. The van der Waals surface area contributed by atoms with Gasteiger partial charge < -0.3 is 0 Å². The molecule has 0 aliphatic carbocycles. The Morgan fingerprint density at radius 3 is 2.67 bits per heavy atom. The Labute approximate surface area is 88.2 Å². The first-order valence-corrected chi connectivity index (χ1v) is 5.09. The Morgan fingerprint density at radius 1 is 1.00 bits per heavy atom. The van der Waals surface area contributed by atoms with Crippen LogP contribution in [0, 0.1) is 13.8 Å². The zero-order valence-corrected chi connectivity index (χ0v) is 8.86. The van der Waals surface area contributed by atoms with Gasteiger partial charge in [0.1, 0.15) is 5.65 Å². The number of hydrogen-bond donors (Lipinski definition) is 0. The highest BCUT2D eigenvalue weighted by Crippen LogP contribution is 2.18. The fourth-order valence-electron chi connectivity index (χ4n) is 1.92. The zero-order valence-electron chi connectivity index (χ0n) is 8.86. The Hall–Kier alpha value is -1.83. The lowest BCUT2D eigenvalue weighted by atomic mass is 10.2. The van der Waals surface area contributed by atoms with Crippen LogP contribution in [0.4, 0.5) is 0 Å². The van der Waals surface area contributed by atoms with Gasteiger partial charge in [-0.2, -0.15) is 0 Å². The number of pyridine rings is 1. The van der Waals surface area contributed by atoms with Crippen molar-refractivity contribution < 1.29 is 0 Å². The summed E-state index contributed by atoms with van der Waals surface area (Å²) in [6.45, 7) is 4.19. The molecule has 0 fully saturated rings. The second-order valence-corrected chi connectivity index (χ2v) is 4.04. The summed E-state index contributed by atoms with van der Waals surface area (Å²) in [6.07, 6.45) is 2.08. The maximum atomic E-state index is 4.58. The number of nitrogens with zero attached hydrogens (tertiary/aromatic N) is 2. The van der Waals surface area contributed by atoms with Crippen LogP contribution >= 0.6 is 0 Å². The average Bonchev–Trinajstić information content (AvgIpc) is 2.54. The van der Waals surface area contributed by atoms with Crippen LogP contribution in [0.15, 0.2) is 36.5 Å². The highest BCUT2D eigenvalue weighted by molar-refractivity contribution is 5.81. The normalized spacial score (nSPS) is 11.3. The molecule has 0 saturated carbocycles. The van der Waals surface area contributed by atoms with Gasteiger partial charge in [0.15, 0.2) is 0 Å². The standard InChI is InChI=1S/C13H12N2/c1-9-3-4-11-12(7-9)15-6-5-10(2)8-13(15)14-11/h3-8H,1-2H3. The van der Waals surface area contributed by atoms with E-state index in [0.717, 1.165) is 11.2 Å². The van der Waals surface area contributed by atoms with Crippen LogP contribution in [0.2, 0.25) is 0 Å². The SMILES string of the molecule is Cc1ccn2c(c1)nc1ccc(C)cc12. The Kier molecular flexibility index (Phi) is 1.60. The smallest absolute Gasteiger partial charge is 0.138 e. The van der Waals surface area contributed by atoms with Gasteiger partial charge in [0, 0.05) is 6.20 Å². The minimum absolute atomic E-state index is 1.02. The van der Waals surface area contributed by atoms with Gasteiger partial charge in [0.05, 0.1) is 11.0 Å². The van der Waals surface area contributed by atoms with Crippen LogP contribution in [0.25, 0.3) is 16.7 Å². The zero-order chi connectivity index (χ0) is 10.4. The molecule has 2 nitrogen and oxygen atoms in total. The molecule has 2 heteroatoms. The lowest BCUT2D eigenvalue weighted by Gasteiger charge is -1.97. The number of fused-ring (bicyclic) bond motifs is 3. The fraction of sp³-hybridized carbons (Fsp3) is 0.154. The van der Waals surface area contributed by atoms with Crippen LogP contribution in [0.3, 0.4) is 0 Å². The molecule has 0 amide bonds. The monoisotopic (exact) mass is 196 g/mol. The number of aryl methyl sites for hydroxylation is 2. The van der Waals surface area contributed by atoms with Crippen molar-refractivity contribution in [3.8, 4) is 0 Å². The minimum atomic E-state index is 1.02. The third-order valence-corrected chi connectivity index (χ3v) is 2.72. The summed E-state index contributed by atoms with van der Waals surface area (Å²) < 4.78 is 2.13. The van der Waals surface area contributed by atoms with E-state index in [1.165, 1.54) is 16.6 Å². The molecule has 74 valence electrons. The molecule has 0 spiro atoms. The van der Waals surface area contributed by atoms with E-state index in [9.17, 15) is 0 Å². The Balaban J connectivity index is 2.53. The van der Waals surface area contributed by atoms with Gasteiger partial charge in [-0.15, -0.1) is 0 Å². The molecule has 2 heterocycles. The molecular formula is C13H12N2. The van der Waals surface area contributed by atoms with Crippen molar-refractivity contribution in [2.24, 2.45) is 0 Å². The highest BCUT2D eigenvalue weighted by atomic mass is 15.0. The van der Waals surface area contributed by atoms with E-state index in [-0.39, 0.29) is 0 Å². The van der Waals surface area contributed by atoms with Crippen LogP contribution in [-0.2, 0) is 0 Å². The van der Waals surface area contributed by atoms with Crippen LogP contribution < -0.4 is 0 Å². The van der Waals surface area contributed by atoms with Gasteiger partial charge in [-0.05, 0) is 49.2 Å². The van der Waals surface area contributed by atoms with Gasteiger partial charge in [-0.25, -0.2) is 4.98 Å². The molecule has 1 aromatic carbocycles. The molecule has 15 heavy (non-hydrogen) atoms. The van der Waals surface area contributed by atoms with Gasteiger partial charge >= 0.3 is 0 Å². The molecule has 2 aromatic heterocycles. The molecule has 0 bridgehead atoms. The fourth-order valence-corrected chi connectivity index (χ4v) is 1.92. The molecular weight excluding hydrogens is 184 g/mol. The molecule has 3 aromatic rings. The molecule has 0 atom stereocenters. The van der Waals surface area contributed by atoms with E-state index in [0.29, 0.717) is 0 Å². The molecule has 3 rings (SSSR count). The first-order valence-electron chi connectivity index (χ1n) is 5.09. The van der Waals surface area contributed by atoms with Crippen molar-refractivity contribution in [3.63, 3.8) is 0 Å². The molecule has 0 N–H and O–H groups in total. The van der Waals surface area contributed by atoms with E-state index in [1.807, 2.05) is 0 Å². The van der Waals surface area contributed by atoms with Gasteiger partial charge in [0.25, 0.3) is 0 Å². The van der Waals surface area contributed by atoms with Crippen molar-refractivity contribution in [2.75, 3.05) is 0 Å². The van der Waals surface area contributed by atoms with Crippen LogP contribution in [0.1, 0.15) is 11.1 Å². The van der Waals surface area contributed by atoms with Gasteiger partial charge in [0.2, 0.25) is 0 Å². The quantitative estimate of drug-likeness (QED) is 0.540. The summed E-state index contributed by atoms with van der Waals surface area (Å²) >= 11 is 0. The van der Waals surface area contributed by atoms with E-state index >= 15 is 0 Å². The summed E-state index contributed by atoms with van der Waals surface area (Å²) in [7, 11) is 0. The summed E-state index contributed by atoms with van der Waals surface area (Å²) in [5.41, 5.74) is 5.78. The predicted molar refractivity (Wildman–Crippen MR) is 62.2 cm³/mol. The van der Waals surface area contributed by atoms with E-state index in [2.05, 4.69) is 59.8 Å². The van der Waals surface area contributed by atoms with Gasteiger partial charge in [-0.3, -0.25) is 4.40 Å². The second-order valence-electron chi connectivity index (χ2n) is 4.04. The van der Waals surface area contributed by atoms with Crippen molar-refractivity contribution in [1.82, 2.24) is 9.38 Å². The van der Waals surface area contributed by atoms with Crippen LogP contribution in [-0.4, -0.2) is 9.38 Å². The lowest BCUT2D eigenvalue weighted by molar-refractivity contribution is 1.20. The second kappa shape index (κ2) is 2.83. The third-order valence-electron chi connectivity index (χ3n) is 2.72. The molecule has 0 aliphatic heterocycles. The maximum Gasteiger partial charge on any atom is 0.138 e. The Morgan fingerprint density at radius 2 is 1.80 bits per heavy atom. The summed E-state index contributed by atoms with van der Waals surface area (Å²) in [5.74, 6) is 0. The highest BCUT2D eigenvalue weighted by Gasteiger charge is 2.03. The van der Waals surface area contributed by atoms with Crippen molar-refractivity contribution in [2.45, 2.75) is 13.8 Å². The third kappa shape index (κ3) is 1.22. The lowest BCUT2D eigenvalue weighted by Crippen LogP contribution is -1.84. The Bertz CT molecular complexity index is 650. The summed E-state index contributed by atoms with van der Waals surface area (Å²) in [5, 5.41) is 0. The maximum absolute atomic E-state index is 4.58. The topological polar surface area (TPSA) is 17.3 Å². The largest absolute Gasteiger partial charge is 0.300 e. The van der Waals surface area contributed by atoms with E-state index in [4.69, 9.17) is 0 Å². The molecule has 0 unspecified atom stereocenters. The number of benzene rings is 1. The minimum Gasteiger partial charge on any atom is -0.300 e. The number of aromatic nitrogens is 2. The molecule has 0 radical (unpaired) electrons. The van der Waals surface area contributed by atoms with E-state index < -0.39 is 0 Å². The van der Waals surface area contributed by atoms with Crippen molar-refractivity contribution in [3.05, 3.63) is 47.7 Å². The molecule has 0 saturated heterocycles. The van der Waals surface area contributed by atoms with Crippen molar-refractivity contribution >= 4 is 16.7 Å². The first kappa shape index (κ1) is 8.48. The number of hydrogen-bond acceptors (Lipinski definition) is 1. The van der Waals surface area contributed by atoms with Crippen molar-refractivity contribution in [1.29, 1.82) is 0 Å². The number of rotatable bonds is 0. The average molecular weight is 196 g/mol. The van der Waals surface area contributed by atoms with E-state index in [1.54, 1.807) is 0 Å². The first-order chi connectivity index (χ1) is 7.24. The number of imidazole rings is 1. The van der Waals surface area contributed by atoms with Gasteiger partial charge in [-0.1, -0.05) is 6.07 Å². The predicted octanol–water partition coefficient (Wildman–Crippen LogP) is 3.10. The van der Waals surface area contributed by atoms with Crippen LogP contribution in [0.5, 0.6) is 0 Å².